The summed E-state index contributed by atoms with van der Waals surface area (Å²) < 4.78 is 5.66. The van der Waals surface area contributed by atoms with Crippen LogP contribution in [0.4, 0.5) is 11.5 Å². The summed E-state index contributed by atoms with van der Waals surface area (Å²) in [7, 11) is 1.82. The molecule has 116 valence electrons. The zero-order valence-electron chi connectivity index (χ0n) is 12.9. The first-order valence-corrected chi connectivity index (χ1v) is 7.35. The molecule has 2 rings (SSSR count). The third-order valence-corrected chi connectivity index (χ3v) is 3.25. The van der Waals surface area contributed by atoms with Gasteiger partial charge in [-0.15, -0.1) is 0 Å². The third-order valence-electron chi connectivity index (χ3n) is 3.25. The van der Waals surface area contributed by atoms with Crippen molar-refractivity contribution in [1.29, 1.82) is 0 Å². The number of pyridine rings is 1. The van der Waals surface area contributed by atoms with E-state index in [4.69, 9.17) is 10.5 Å². The van der Waals surface area contributed by atoms with E-state index in [-0.39, 0.29) is 18.5 Å². The van der Waals surface area contributed by atoms with E-state index in [9.17, 15) is 4.79 Å². The highest BCUT2D eigenvalue weighted by molar-refractivity contribution is 5.81. The van der Waals surface area contributed by atoms with Crippen molar-refractivity contribution >= 4 is 17.4 Å². The Morgan fingerprint density at radius 3 is 2.86 bits per heavy atom. The Bertz CT molecular complexity index is 500. The molecule has 6 nitrogen and oxygen atoms in total. The molecule has 3 N–H and O–H groups in total. The molecule has 1 amide bonds. The van der Waals surface area contributed by atoms with Gasteiger partial charge >= 0.3 is 0 Å². The second-order valence-electron chi connectivity index (χ2n) is 5.90. The molecule has 0 radical (unpaired) electrons. The van der Waals surface area contributed by atoms with Crippen LogP contribution in [0.15, 0.2) is 12.1 Å². The number of rotatable bonds is 7. The Morgan fingerprint density at radius 1 is 1.52 bits per heavy atom. The molecule has 1 heterocycles. The van der Waals surface area contributed by atoms with Crippen molar-refractivity contribution in [3.63, 3.8) is 0 Å². The van der Waals surface area contributed by atoms with Crippen LogP contribution in [0.25, 0.3) is 0 Å². The average molecular weight is 292 g/mol. The monoisotopic (exact) mass is 292 g/mol. The van der Waals surface area contributed by atoms with Crippen LogP contribution < -0.4 is 20.7 Å². The number of hydrogen-bond acceptors (Lipinski definition) is 5. The van der Waals surface area contributed by atoms with Gasteiger partial charge in [0.05, 0.1) is 18.8 Å². The standard InChI is InChI=1S/C15H24N4O2/c1-10(2)17-14(20)8-19(3)13-7-6-12(16)15(18-13)21-9-11-4-5-11/h6-7,10-11H,4-5,8-9,16H2,1-3H3,(H,17,20). The van der Waals surface area contributed by atoms with Crippen molar-refractivity contribution in [3.05, 3.63) is 12.1 Å². The summed E-state index contributed by atoms with van der Waals surface area (Å²) in [6.07, 6.45) is 2.43. The summed E-state index contributed by atoms with van der Waals surface area (Å²) in [4.78, 5) is 18.0. The number of aromatic nitrogens is 1. The van der Waals surface area contributed by atoms with Gasteiger partial charge in [-0.2, -0.15) is 4.98 Å². The molecular formula is C15H24N4O2. The van der Waals surface area contributed by atoms with E-state index >= 15 is 0 Å². The van der Waals surface area contributed by atoms with Crippen LogP contribution in [0.2, 0.25) is 0 Å². The molecule has 1 aliphatic carbocycles. The lowest BCUT2D eigenvalue weighted by atomic mass is 10.3. The fraction of sp³-hybridized carbons (Fsp3) is 0.600. The number of likely N-dealkylation sites (N-methyl/N-ethyl adjacent to an activating group) is 1. The molecule has 1 saturated carbocycles. The first-order valence-electron chi connectivity index (χ1n) is 7.35. The van der Waals surface area contributed by atoms with Crippen molar-refractivity contribution < 1.29 is 9.53 Å². The lowest BCUT2D eigenvalue weighted by Crippen LogP contribution is -2.38. The molecule has 21 heavy (non-hydrogen) atoms. The number of carbonyl (C=O) groups is 1. The van der Waals surface area contributed by atoms with Gasteiger partial charge in [-0.1, -0.05) is 0 Å². The first-order chi connectivity index (χ1) is 9.95. The quantitative estimate of drug-likeness (QED) is 0.794. The molecule has 6 heteroatoms. The van der Waals surface area contributed by atoms with Gasteiger partial charge in [-0.25, -0.2) is 0 Å². The molecule has 1 fully saturated rings. The SMILES string of the molecule is CC(C)NC(=O)CN(C)c1ccc(N)c(OCC2CC2)n1. The van der Waals surface area contributed by atoms with Gasteiger partial charge in [0.2, 0.25) is 11.8 Å². The molecule has 1 aromatic heterocycles. The molecule has 0 aliphatic heterocycles. The molecule has 1 aliphatic rings. The maximum absolute atomic E-state index is 11.8. The second-order valence-corrected chi connectivity index (χ2v) is 5.90. The highest BCUT2D eigenvalue weighted by Gasteiger charge is 2.22. The molecule has 1 aromatic rings. The van der Waals surface area contributed by atoms with Gasteiger partial charge in [-0.3, -0.25) is 4.79 Å². The molecule has 0 atom stereocenters. The predicted octanol–water partition coefficient (Wildman–Crippen LogP) is 1.41. The zero-order chi connectivity index (χ0) is 15.4. The number of ether oxygens (including phenoxy) is 1. The summed E-state index contributed by atoms with van der Waals surface area (Å²) >= 11 is 0. The number of nitrogens with two attached hydrogens (primary N) is 1. The molecule has 0 unspecified atom stereocenters. The molecule has 0 saturated heterocycles. The minimum absolute atomic E-state index is 0.0356. The van der Waals surface area contributed by atoms with Crippen molar-refractivity contribution in [1.82, 2.24) is 10.3 Å². The lowest BCUT2D eigenvalue weighted by molar-refractivity contribution is -0.120. The van der Waals surface area contributed by atoms with Gasteiger partial charge in [0, 0.05) is 13.1 Å². The minimum atomic E-state index is -0.0356. The van der Waals surface area contributed by atoms with E-state index < -0.39 is 0 Å². The Balaban J connectivity index is 1.97. The van der Waals surface area contributed by atoms with E-state index in [1.165, 1.54) is 12.8 Å². The average Bonchev–Trinajstić information content (AvgIpc) is 3.20. The number of nitrogens with one attached hydrogen (secondary N) is 1. The maximum atomic E-state index is 11.8. The van der Waals surface area contributed by atoms with Crippen molar-refractivity contribution in [3.8, 4) is 5.88 Å². The van der Waals surface area contributed by atoms with Crippen LogP contribution in [0.3, 0.4) is 0 Å². The molecule has 0 spiro atoms. The zero-order valence-corrected chi connectivity index (χ0v) is 12.9. The number of nitrogen functional groups attached to an aromatic ring is 1. The van der Waals surface area contributed by atoms with Gasteiger partial charge in [0.1, 0.15) is 5.82 Å². The normalized spacial score (nSPS) is 14.1. The van der Waals surface area contributed by atoms with Crippen LogP contribution in [0, 0.1) is 5.92 Å². The summed E-state index contributed by atoms with van der Waals surface area (Å²) in [6, 6.07) is 3.69. The van der Waals surface area contributed by atoms with Gasteiger partial charge in [-0.05, 0) is 44.7 Å². The van der Waals surface area contributed by atoms with Crippen LogP contribution in [0.5, 0.6) is 5.88 Å². The number of hydrogen-bond donors (Lipinski definition) is 2. The van der Waals surface area contributed by atoms with E-state index in [1.807, 2.05) is 20.9 Å². The minimum Gasteiger partial charge on any atom is -0.476 e. The topological polar surface area (TPSA) is 80.5 Å². The van der Waals surface area contributed by atoms with Crippen molar-refractivity contribution in [2.75, 3.05) is 30.8 Å². The van der Waals surface area contributed by atoms with Crippen LogP contribution in [0.1, 0.15) is 26.7 Å². The van der Waals surface area contributed by atoms with Gasteiger partial charge in [0.25, 0.3) is 0 Å². The Hall–Kier alpha value is -1.98. The summed E-state index contributed by atoms with van der Waals surface area (Å²) in [5.74, 6) is 1.74. The largest absolute Gasteiger partial charge is 0.476 e. The second kappa shape index (κ2) is 6.65. The van der Waals surface area contributed by atoms with E-state index in [0.717, 1.165) is 0 Å². The van der Waals surface area contributed by atoms with Gasteiger partial charge < -0.3 is 20.7 Å². The fourth-order valence-corrected chi connectivity index (χ4v) is 1.91. The third kappa shape index (κ3) is 4.81. The first kappa shape index (κ1) is 15.4. The van der Waals surface area contributed by atoms with Crippen LogP contribution in [-0.4, -0.2) is 37.1 Å². The highest BCUT2D eigenvalue weighted by Crippen LogP contribution is 2.31. The Morgan fingerprint density at radius 2 is 2.24 bits per heavy atom. The smallest absolute Gasteiger partial charge is 0.239 e. The summed E-state index contributed by atoms with van der Waals surface area (Å²) in [5, 5.41) is 2.85. The number of amides is 1. The summed E-state index contributed by atoms with van der Waals surface area (Å²) in [6.45, 7) is 4.78. The van der Waals surface area contributed by atoms with E-state index in [1.54, 1.807) is 17.0 Å². The predicted molar refractivity (Wildman–Crippen MR) is 83.4 cm³/mol. The Kier molecular flexibility index (Phi) is 4.88. The summed E-state index contributed by atoms with van der Waals surface area (Å²) in [5.41, 5.74) is 6.41. The number of carbonyl (C=O) groups excluding carboxylic acids is 1. The van der Waals surface area contributed by atoms with Crippen molar-refractivity contribution in [2.45, 2.75) is 32.7 Å². The van der Waals surface area contributed by atoms with Crippen molar-refractivity contribution in [2.24, 2.45) is 5.92 Å². The molecule has 0 aromatic carbocycles. The Labute approximate surface area is 125 Å². The maximum Gasteiger partial charge on any atom is 0.239 e. The fourth-order valence-electron chi connectivity index (χ4n) is 1.91. The van der Waals surface area contributed by atoms with Crippen LogP contribution in [-0.2, 0) is 4.79 Å². The van der Waals surface area contributed by atoms with E-state index in [2.05, 4.69) is 10.3 Å². The molecular weight excluding hydrogens is 268 g/mol. The molecule has 0 bridgehead atoms. The number of anilines is 2. The highest BCUT2D eigenvalue weighted by atomic mass is 16.5. The van der Waals surface area contributed by atoms with Crippen LogP contribution >= 0.6 is 0 Å². The van der Waals surface area contributed by atoms with E-state index in [0.29, 0.717) is 29.9 Å². The number of nitrogens with zero attached hydrogens (tertiary/aromatic N) is 2. The van der Waals surface area contributed by atoms with Gasteiger partial charge in [0.15, 0.2) is 0 Å². The lowest BCUT2D eigenvalue weighted by Gasteiger charge is -2.19.